The Morgan fingerprint density at radius 2 is 1.52 bits per heavy atom. The van der Waals surface area contributed by atoms with Gasteiger partial charge in [-0.05, 0) is 24.7 Å². The second-order valence-corrected chi connectivity index (χ2v) is 6.93. The molecule has 3 nitrogen and oxygen atoms in total. The van der Waals surface area contributed by atoms with Gasteiger partial charge in [-0.15, -0.1) is 0 Å². The lowest BCUT2D eigenvalue weighted by Crippen LogP contribution is -2.20. The first-order valence-corrected chi connectivity index (χ1v) is 8.95. The minimum atomic E-state index is 0.400. The highest BCUT2D eigenvalue weighted by molar-refractivity contribution is 4.97. The summed E-state index contributed by atoms with van der Waals surface area (Å²) in [7, 11) is 1.91. The molecule has 21 heavy (non-hydrogen) atoms. The third-order valence-corrected chi connectivity index (χ3v) is 4.52. The number of hydrogen-bond donors (Lipinski definition) is 0. The van der Waals surface area contributed by atoms with E-state index in [1.165, 1.54) is 64.2 Å². The molecule has 0 saturated heterocycles. The molecule has 122 valence electrons. The number of aryl methyl sites for hydroxylation is 1. The van der Waals surface area contributed by atoms with Crippen LogP contribution in [0.15, 0.2) is 6.20 Å². The highest BCUT2D eigenvalue weighted by atomic mass is 15.4. The predicted molar refractivity (Wildman–Crippen MR) is 90.3 cm³/mol. The standard InChI is InChI=1S/C18H35N3/c1-5-7-9-11-13-18(3,14-12-10-8-6-2)15-17-16-19-21(4)20-17/h16H,5-15H2,1-4H3. The van der Waals surface area contributed by atoms with Crippen LogP contribution in [0.1, 0.15) is 90.7 Å². The van der Waals surface area contributed by atoms with E-state index >= 15 is 0 Å². The van der Waals surface area contributed by atoms with E-state index in [0.717, 1.165) is 12.1 Å². The summed E-state index contributed by atoms with van der Waals surface area (Å²) < 4.78 is 0. The van der Waals surface area contributed by atoms with Gasteiger partial charge in [0, 0.05) is 7.05 Å². The molecular formula is C18H35N3. The molecule has 0 unspecified atom stereocenters. The van der Waals surface area contributed by atoms with Crippen molar-refractivity contribution in [1.29, 1.82) is 0 Å². The van der Waals surface area contributed by atoms with Gasteiger partial charge in [-0.2, -0.15) is 15.0 Å². The maximum atomic E-state index is 4.49. The van der Waals surface area contributed by atoms with Crippen LogP contribution in [0.3, 0.4) is 0 Å². The summed E-state index contributed by atoms with van der Waals surface area (Å²) in [4.78, 5) is 1.68. The van der Waals surface area contributed by atoms with Gasteiger partial charge < -0.3 is 0 Å². The summed E-state index contributed by atoms with van der Waals surface area (Å²) in [6.07, 6.45) is 16.5. The number of aromatic nitrogens is 3. The van der Waals surface area contributed by atoms with Gasteiger partial charge in [0.2, 0.25) is 0 Å². The van der Waals surface area contributed by atoms with Gasteiger partial charge in [-0.25, -0.2) is 0 Å². The Morgan fingerprint density at radius 1 is 0.952 bits per heavy atom. The maximum Gasteiger partial charge on any atom is 0.0832 e. The summed E-state index contributed by atoms with van der Waals surface area (Å²) in [5.41, 5.74) is 1.56. The number of rotatable bonds is 12. The van der Waals surface area contributed by atoms with Crippen LogP contribution in [0.25, 0.3) is 0 Å². The molecule has 1 aromatic heterocycles. The van der Waals surface area contributed by atoms with Crippen LogP contribution >= 0.6 is 0 Å². The smallest absolute Gasteiger partial charge is 0.0832 e. The lowest BCUT2D eigenvalue weighted by atomic mass is 9.76. The molecule has 0 radical (unpaired) electrons. The molecule has 1 rings (SSSR count). The van der Waals surface area contributed by atoms with E-state index in [1.54, 1.807) is 4.80 Å². The Balaban J connectivity index is 2.50. The summed E-state index contributed by atoms with van der Waals surface area (Å²) in [6.45, 7) is 7.02. The molecule has 1 aromatic rings. The minimum absolute atomic E-state index is 0.400. The van der Waals surface area contributed by atoms with Crippen LogP contribution in [-0.4, -0.2) is 15.0 Å². The van der Waals surface area contributed by atoms with E-state index in [2.05, 4.69) is 31.0 Å². The molecule has 0 aliphatic carbocycles. The fraction of sp³-hybridized carbons (Fsp3) is 0.889. The quantitative estimate of drug-likeness (QED) is 0.489. The molecule has 0 atom stereocenters. The Labute approximate surface area is 131 Å². The summed E-state index contributed by atoms with van der Waals surface area (Å²) in [5, 5.41) is 8.72. The number of unbranched alkanes of at least 4 members (excludes halogenated alkanes) is 6. The molecule has 3 heteroatoms. The number of nitrogens with zero attached hydrogens (tertiary/aromatic N) is 3. The van der Waals surface area contributed by atoms with E-state index in [9.17, 15) is 0 Å². The molecule has 0 aromatic carbocycles. The molecular weight excluding hydrogens is 258 g/mol. The van der Waals surface area contributed by atoms with E-state index in [4.69, 9.17) is 0 Å². The lowest BCUT2D eigenvalue weighted by molar-refractivity contribution is 0.246. The average molecular weight is 293 g/mol. The first-order chi connectivity index (χ1) is 10.1. The van der Waals surface area contributed by atoms with E-state index in [0.29, 0.717) is 5.41 Å². The van der Waals surface area contributed by atoms with Crippen molar-refractivity contribution in [3.63, 3.8) is 0 Å². The first kappa shape index (κ1) is 18.2. The third-order valence-electron chi connectivity index (χ3n) is 4.52. The minimum Gasteiger partial charge on any atom is -0.188 e. The molecule has 0 N–H and O–H groups in total. The van der Waals surface area contributed by atoms with Crippen LogP contribution in [-0.2, 0) is 13.5 Å². The molecule has 0 amide bonds. The molecule has 0 aliphatic heterocycles. The van der Waals surface area contributed by atoms with Crippen LogP contribution in [0, 0.1) is 5.41 Å². The van der Waals surface area contributed by atoms with Gasteiger partial charge in [0.05, 0.1) is 11.9 Å². The zero-order valence-electron chi connectivity index (χ0n) is 14.7. The first-order valence-electron chi connectivity index (χ1n) is 8.95. The highest BCUT2D eigenvalue weighted by Gasteiger charge is 2.25. The van der Waals surface area contributed by atoms with Crippen molar-refractivity contribution in [1.82, 2.24) is 15.0 Å². The summed E-state index contributed by atoms with van der Waals surface area (Å²) >= 11 is 0. The second-order valence-electron chi connectivity index (χ2n) is 6.93. The van der Waals surface area contributed by atoms with Crippen molar-refractivity contribution in [3.05, 3.63) is 11.9 Å². The van der Waals surface area contributed by atoms with Crippen LogP contribution in [0.4, 0.5) is 0 Å². The van der Waals surface area contributed by atoms with Gasteiger partial charge in [-0.3, -0.25) is 0 Å². The zero-order valence-corrected chi connectivity index (χ0v) is 14.7. The molecule has 0 fully saturated rings. The van der Waals surface area contributed by atoms with Crippen LogP contribution < -0.4 is 0 Å². The van der Waals surface area contributed by atoms with Gasteiger partial charge in [0.25, 0.3) is 0 Å². The Kier molecular flexibility index (Phi) is 8.63. The highest BCUT2D eigenvalue weighted by Crippen LogP contribution is 2.34. The third kappa shape index (κ3) is 7.63. The van der Waals surface area contributed by atoms with Gasteiger partial charge in [0.1, 0.15) is 0 Å². The molecule has 0 spiro atoms. The van der Waals surface area contributed by atoms with Gasteiger partial charge in [-0.1, -0.05) is 72.1 Å². The second kappa shape index (κ2) is 9.97. The molecule has 0 aliphatic rings. The monoisotopic (exact) mass is 293 g/mol. The predicted octanol–water partition coefficient (Wildman–Crippen LogP) is 5.30. The van der Waals surface area contributed by atoms with Crippen molar-refractivity contribution in [2.75, 3.05) is 0 Å². The Bertz CT molecular complexity index is 358. The van der Waals surface area contributed by atoms with E-state index < -0.39 is 0 Å². The van der Waals surface area contributed by atoms with Crippen molar-refractivity contribution >= 4 is 0 Å². The van der Waals surface area contributed by atoms with Crippen molar-refractivity contribution < 1.29 is 0 Å². The fourth-order valence-electron chi connectivity index (χ4n) is 3.16. The van der Waals surface area contributed by atoms with E-state index in [1.807, 2.05) is 13.2 Å². The van der Waals surface area contributed by atoms with Crippen molar-refractivity contribution in [2.24, 2.45) is 12.5 Å². The average Bonchev–Trinajstić information content (AvgIpc) is 2.85. The lowest BCUT2D eigenvalue weighted by Gasteiger charge is -2.29. The van der Waals surface area contributed by atoms with Crippen molar-refractivity contribution in [3.8, 4) is 0 Å². The van der Waals surface area contributed by atoms with Crippen LogP contribution in [0.2, 0.25) is 0 Å². The maximum absolute atomic E-state index is 4.49. The Morgan fingerprint density at radius 3 is 1.95 bits per heavy atom. The van der Waals surface area contributed by atoms with Gasteiger partial charge in [0.15, 0.2) is 0 Å². The normalized spacial score (nSPS) is 12.0. The van der Waals surface area contributed by atoms with Gasteiger partial charge >= 0.3 is 0 Å². The fourth-order valence-corrected chi connectivity index (χ4v) is 3.16. The molecule has 0 bridgehead atoms. The SMILES string of the molecule is CCCCCCC(C)(CCCCCC)Cc1cnn(C)n1. The van der Waals surface area contributed by atoms with Crippen LogP contribution in [0.5, 0.6) is 0 Å². The largest absolute Gasteiger partial charge is 0.188 e. The molecule has 1 heterocycles. The van der Waals surface area contributed by atoms with Crippen molar-refractivity contribution in [2.45, 2.75) is 91.4 Å². The summed E-state index contributed by atoms with van der Waals surface area (Å²) in [5.74, 6) is 0. The van der Waals surface area contributed by atoms with E-state index in [-0.39, 0.29) is 0 Å². The zero-order chi connectivity index (χ0) is 15.6. The molecule has 0 saturated carbocycles. The topological polar surface area (TPSA) is 30.7 Å². The number of hydrogen-bond acceptors (Lipinski definition) is 2. The Hall–Kier alpha value is -0.860. The summed E-state index contributed by atoms with van der Waals surface area (Å²) in [6, 6.07) is 0.